The Hall–Kier alpha value is -0.630. The van der Waals surface area contributed by atoms with Crippen LogP contribution in [0.2, 0.25) is 0 Å². The zero-order chi connectivity index (χ0) is 19.7. The lowest BCUT2D eigenvalue weighted by molar-refractivity contribution is -0.215. The van der Waals surface area contributed by atoms with Gasteiger partial charge in [0.15, 0.2) is 0 Å². The zero-order valence-corrected chi connectivity index (χ0v) is 16.2. The monoisotopic (exact) mass is 392 g/mol. The van der Waals surface area contributed by atoms with Gasteiger partial charge in [-0.25, -0.2) is 9.36 Å². The number of ether oxygens (including phenoxy) is 1. The van der Waals surface area contributed by atoms with Gasteiger partial charge < -0.3 is 4.74 Å². The van der Waals surface area contributed by atoms with Gasteiger partial charge in [-0.05, 0) is 31.6 Å². The van der Waals surface area contributed by atoms with Crippen molar-refractivity contribution < 1.29 is 40.8 Å². The highest BCUT2D eigenvalue weighted by atomic mass is 31.2. The van der Waals surface area contributed by atoms with Crippen molar-refractivity contribution in [2.45, 2.75) is 59.7 Å². The molecule has 0 aliphatic rings. The second kappa shape index (κ2) is 11.2. The van der Waals surface area contributed by atoms with Gasteiger partial charge in [-0.15, -0.1) is 0 Å². The van der Waals surface area contributed by atoms with Crippen molar-refractivity contribution in [1.29, 1.82) is 0 Å². The molecule has 0 aromatic heterocycles. The quantitative estimate of drug-likeness (QED) is 0.353. The third-order valence-corrected chi connectivity index (χ3v) is 4.39. The number of phosphoric ester groups is 1. The number of rotatable bonds is 12. The number of esters is 1. The summed E-state index contributed by atoms with van der Waals surface area (Å²) in [6, 6.07) is 0. The van der Waals surface area contributed by atoms with E-state index >= 15 is 0 Å². The van der Waals surface area contributed by atoms with E-state index in [4.69, 9.17) is 9.05 Å². The fourth-order valence-electron chi connectivity index (χ4n) is 1.48. The largest absolute Gasteiger partial charge is 0.475 e. The van der Waals surface area contributed by atoms with Crippen molar-refractivity contribution in [1.82, 2.24) is 0 Å². The fourth-order valence-corrected chi connectivity index (χ4v) is 2.80. The normalized spacial score (nSPS) is 14.2. The van der Waals surface area contributed by atoms with E-state index in [1.807, 2.05) is 27.7 Å². The van der Waals surface area contributed by atoms with E-state index < -0.39 is 26.1 Å². The molecule has 0 aromatic carbocycles. The smallest absolute Gasteiger partial charge is 0.464 e. The maximum absolute atomic E-state index is 13.1. The highest BCUT2D eigenvalue weighted by Crippen LogP contribution is 2.53. The molecule has 150 valence electrons. The van der Waals surface area contributed by atoms with Crippen LogP contribution in [0.3, 0.4) is 0 Å². The van der Waals surface area contributed by atoms with Gasteiger partial charge >= 0.3 is 20.0 Å². The Morgan fingerprint density at radius 3 is 1.76 bits per heavy atom. The van der Waals surface area contributed by atoms with Crippen LogP contribution >= 0.6 is 7.82 Å². The molecule has 1 atom stereocenters. The van der Waals surface area contributed by atoms with Gasteiger partial charge in [0.1, 0.15) is 0 Å². The van der Waals surface area contributed by atoms with Crippen LogP contribution in [-0.2, 0) is 27.7 Å². The van der Waals surface area contributed by atoms with Crippen LogP contribution in [-0.4, -0.2) is 38.1 Å². The summed E-state index contributed by atoms with van der Waals surface area (Å²) < 4.78 is 70.6. The van der Waals surface area contributed by atoms with E-state index in [2.05, 4.69) is 9.26 Å². The summed E-state index contributed by atoms with van der Waals surface area (Å²) in [5.41, 5.74) is 0. The van der Waals surface area contributed by atoms with Gasteiger partial charge in [-0.1, -0.05) is 27.7 Å². The molecule has 10 heteroatoms. The van der Waals surface area contributed by atoms with Crippen LogP contribution < -0.4 is 0 Å². The molecule has 0 N–H and O–H groups in total. The second-order valence-corrected chi connectivity index (χ2v) is 7.88. The third-order valence-electron chi connectivity index (χ3n) is 2.92. The van der Waals surface area contributed by atoms with Crippen LogP contribution in [0.25, 0.3) is 0 Å². The number of carbonyl (C=O) groups excluding carboxylic acids is 1. The minimum Gasteiger partial charge on any atom is -0.464 e. The number of hydrogen-bond acceptors (Lipinski definition) is 6. The third kappa shape index (κ3) is 10.8. The number of hydrogen-bond donors (Lipinski definition) is 0. The maximum atomic E-state index is 13.1. The molecule has 0 bridgehead atoms. The SMILES string of the molecule is CCOC(=O)C(OP(=O)(OCCC(C)C)OCCC(C)C)C(F)(F)F. The summed E-state index contributed by atoms with van der Waals surface area (Å²) >= 11 is 0. The Morgan fingerprint density at radius 2 is 1.44 bits per heavy atom. The predicted octanol–water partition coefficient (Wildman–Crippen LogP) is 4.73. The first-order valence-electron chi connectivity index (χ1n) is 8.22. The van der Waals surface area contributed by atoms with Gasteiger partial charge in [-0.2, -0.15) is 13.2 Å². The van der Waals surface area contributed by atoms with Gasteiger partial charge in [0.2, 0.25) is 0 Å². The molecule has 0 aliphatic heterocycles. The average Bonchev–Trinajstić information content (AvgIpc) is 2.43. The van der Waals surface area contributed by atoms with Crippen LogP contribution in [0, 0.1) is 11.8 Å². The first kappa shape index (κ1) is 24.4. The molecule has 1 unspecified atom stereocenters. The lowest BCUT2D eigenvalue weighted by Gasteiger charge is -2.24. The number of alkyl halides is 3. The summed E-state index contributed by atoms with van der Waals surface area (Å²) in [5, 5.41) is 0. The Labute approximate surface area is 147 Å². The first-order valence-corrected chi connectivity index (χ1v) is 9.68. The molecule has 0 saturated carbocycles. The molecule has 0 fully saturated rings. The predicted molar refractivity (Wildman–Crippen MR) is 86.0 cm³/mol. The van der Waals surface area contributed by atoms with Crippen molar-refractivity contribution in [3.63, 3.8) is 0 Å². The molecule has 0 radical (unpaired) electrons. The van der Waals surface area contributed by atoms with E-state index in [1.54, 1.807) is 0 Å². The summed E-state index contributed by atoms with van der Waals surface area (Å²) in [4.78, 5) is 11.5. The summed E-state index contributed by atoms with van der Waals surface area (Å²) in [7, 11) is -4.58. The molecule has 0 spiro atoms. The molecule has 0 aromatic rings. The zero-order valence-electron chi connectivity index (χ0n) is 15.3. The Balaban J connectivity index is 5.18. The Kier molecular flexibility index (Phi) is 10.9. The van der Waals surface area contributed by atoms with Gasteiger partial charge in [0, 0.05) is 0 Å². The topological polar surface area (TPSA) is 71.1 Å². The highest BCUT2D eigenvalue weighted by Gasteiger charge is 2.52. The average molecular weight is 392 g/mol. The Morgan fingerprint density at radius 1 is 1.00 bits per heavy atom. The standard InChI is InChI=1S/C15H28F3O6P/c1-6-21-14(19)13(15(16,17)18)24-25(20,22-9-7-11(2)3)23-10-8-12(4)5/h11-13H,6-10H2,1-5H3. The summed E-state index contributed by atoms with van der Waals surface area (Å²) in [5.74, 6) is -1.34. The molecular weight excluding hydrogens is 364 g/mol. The summed E-state index contributed by atoms with van der Waals surface area (Å²) in [6.07, 6.45) is -7.25. The molecule has 0 saturated heterocycles. The van der Waals surface area contributed by atoms with Crippen molar-refractivity contribution in [2.75, 3.05) is 19.8 Å². The Bertz CT molecular complexity index is 421. The number of halogens is 3. The molecule has 0 amide bonds. The molecule has 25 heavy (non-hydrogen) atoms. The lowest BCUT2D eigenvalue weighted by Crippen LogP contribution is -2.40. The van der Waals surface area contributed by atoms with E-state index in [-0.39, 0.29) is 31.7 Å². The van der Waals surface area contributed by atoms with Crippen LogP contribution in [0.15, 0.2) is 0 Å². The van der Waals surface area contributed by atoms with E-state index in [0.717, 1.165) is 0 Å². The van der Waals surface area contributed by atoms with Gasteiger partial charge in [0.05, 0.1) is 19.8 Å². The van der Waals surface area contributed by atoms with Crippen LogP contribution in [0.5, 0.6) is 0 Å². The minimum atomic E-state index is -5.11. The number of carbonyl (C=O) groups is 1. The van der Waals surface area contributed by atoms with Crippen molar-refractivity contribution in [2.24, 2.45) is 11.8 Å². The van der Waals surface area contributed by atoms with Crippen molar-refractivity contribution in [3.05, 3.63) is 0 Å². The van der Waals surface area contributed by atoms with Crippen LogP contribution in [0.1, 0.15) is 47.5 Å². The minimum absolute atomic E-state index is 0.121. The second-order valence-electron chi connectivity index (χ2n) is 6.26. The number of phosphoric acid groups is 1. The highest BCUT2D eigenvalue weighted by molar-refractivity contribution is 7.48. The first-order chi connectivity index (χ1) is 11.4. The van der Waals surface area contributed by atoms with Gasteiger partial charge in [0.25, 0.3) is 6.10 Å². The molecule has 6 nitrogen and oxygen atoms in total. The van der Waals surface area contributed by atoms with E-state index in [9.17, 15) is 22.5 Å². The molecule has 0 rings (SSSR count). The van der Waals surface area contributed by atoms with Gasteiger partial charge in [-0.3, -0.25) is 13.6 Å². The fraction of sp³-hybridized carbons (Fsp3) is 0.933. The van der Waals surface area contributed by atoms with E-state index in [0.29, 0.717) is 12.8 Å². The lowest BCUT2D eigenvalue weighted by atomic mass is 10.2. The maximum Gasteiger partial charge on any atom is 0.475 e. The molecule has 0 heterocycles. The molecule has 0 aliphatic carbocycles. The van der Waals surface area contributed by atoms with Crippen LogP contribution in [0.4, 0.5) is 13.2 Å². The van der Waals surface area contributed by atoms with Crippen molar-refractivity contribution in [3.8, 4) is 0 Å². The van der Waals surface area contributed by atoms with E-state index in [1.165, 1.54) is 6.92 Å². The van der Waals surface area contributed by atoms with Crippen molar-refractivity contribution >= 4 is 13.8 Å². The summed E-state index contributed by atoms with van der Waals surface area (Å²) in [6.45, 7) is 8.30. The molecular formula is C15H28F3O6P.